The lowest BCUT2D eigenvalue weighted by atomic mass is 9.97. The van der Waals surface area contributed by atoms with Crippen molar-refractivity contribution in [3.8, 4) is 11.5 Å². The Morgan fingerprint density at radius 3 is 2.77 bits per heavy atom. The molecule has 0 radical (unpaired) electrons. The second-order valence-corrected chi connectivity index (χ2v) is 10.7. The summed E-state index contributed by atoms with van der Waals surface area (Å²) in [6.45, 7) is 1.58. The lowest BCUT2D eigenvalue weighted by Gasteiger charge is -2.13. The lowest BCUT2D eigenvalue weighted by molar-refractivity contribution is -0.117. The summed E-state index contributed by atoms with van der Waals surface area (Å²) < 4.78 is 28.0. The van der Waals surface area contributed by atoms with Gasteiger partial charge in [0.2, 0.25) is 5.95 Å². The first-order valence-electron chi connectivity index (χ1n) is 14.0. The van der Waals surface area contributed by atoms with Crippen molar-refractivity contribution in [2.75, 3.05) is 25.1 Å². The number of ketones is 1. The number of nitrogens with one attached hydrogen (secondary N) is 2. The van der Waals surface area contributed by atoms with Crippen molar-refractivity contribution in [2.24, 2.45) is 7.05 Å². The van der Waals surface area contributed by atoms with E-state index >= 15 is 0 Å². The monoisotopic (exact) mass is 543 g/mol. The Bertz CT molecular complexity index is 1510. The molecule has 1 saturated heterocycles. The number of hydrogen-bond acceptors (Lipinski definition) is 7. The Kier molecular flexibility index (Phi) is 7.75. The average Bonchev–Trinajstić information content (AvgIpc) is 3.72. The van der Waals surface area contributed by atoms with Gasteiger partial charge in [-0.05, 0) is 61.2 Å². The lowest BCUT2D eigenvalue weighted by Crippen LogP contribution is -2.32. The number of aromatic nitrogens is 3. The Hall–Kier alpha value is -3.82. The molecule has 0 amide bonds. The van der Waals surface area contributed by atoms with Crippen molar-refractivity contribution < 1.29 is 18.7 Å². The van der Waals surface area contributed by atoms with Crippen LogP contribution in [0.3, 0.4) is 0 Å². The first-order valence-corrected chi connectivity index (χ1v) is 14.0. The van der Waals surface area contributed by atoms with Crippen LogP contribution in [0.2, 0.25) is 0 Å². The third kappa shape index (κ3) is 6.00. The van der Waals surface area contributed by atoms with Crippen LogP contribution in [0.15, 0.2) is 54.7 Å². The fourth-order valence-corrected chi connectivity index (χ4v) is 5.60. The van der Waals surface area contributed by atoms with Gasteiger partial charge in [-0.25, -0.2) is 9.37 Å². The molecule has 40 heavy (non-hydrogen) atoms. The normalized spacial score (nSPS) is 17.5. The van der Waals surface area contributed by atoms with Crippen molar-refractivity contribution in [2.45, 2.75) is 50.5 Å². The Morgan fingerprint density at radius 1 is 1.10 bits per heavy atom. The molecule has 2 N–H and O–H groups in total. The third-order valence-corrected chi connectivity index (χ3v) is 7.82. The summed E-state index contributed by atoms with van der Waals surface area (Å²) in [4.78, 5) is 21.6. The highest BCUT2D eigenvalue weighted by molar-refractivity contribution is 5.83. The van der Waals surface area contributed by atoms with E-state index in [9.17, 15) is 9.18 Å². The fourth-order valence-electron chi connectivity index (χ4n) is 5.60. The molecule has 1 aliphatic heterocycles. The number of nitrogens with zero attached hydrogens (tertiary/aromatic N) is 3. The molecule has 2 fully saturated rings. The second-order valence-electron chi connectivity index (χ2n) is 10.7. The summed E-state index contributed by atoms with van der Waals surface area (Å²) in [7, 11) is 1.93. The van der Waals surface area contributed by atoms with Gasteiger partial charge in [0.25, 0.3) is 0 Å². The molecule has 0 spiro atoms. The minimum atomic E-state index is -0.211. The minimum Gasteiger partial charge on any atom is -0.457 e. The maximum Gasteiger partial charge on any atom is 0.208 e. The van der Waals surface area contributed by atoms with Gasteiger partial charge in [-0.15, -0.1) is 0 Å². The highest BCUT2D eigenvalue weighted by atomic mass is 19.1. The number of pyridine rings is 1. The first-order chi connectivity index (χ1) is 19.5. The zero-order valence-electron chi connectivity index (χ0n) is 22.7. The van der Waals surface area contributed by atoms with E-state index in [1.54, 1.807) is 18.3 Å². The zero-order valence-corrected chi connectivity index (χ0v) is 22.7. The third-order valence-electron chi connectivity index (χ3n) is 7.82. The van der Waals surface area contributed by atoms with E-state index in [2.05, 4.69) is 15.6 Å². The molecule has 4 aromatic rings. The van der Waals surface area contributed by atoms with Gasteiger partial charge >= 0.3 is 0 Å². The smallest absolute Gasteiger partial charge is 0.208 e. The van der Waals surface area contributed by atoms with E-state index < -0.39 is 0 Å². The van der Waals surface area contributed by atoms with Gasteiger partial charge < -0.3 is 24.7 Å². The molecule has 9 heteroatoms. The molecule has 2 aliphatic rings. The highest BCUT2D eigenvalue weighted by Crippen LogP contribution is 2.32. The molecule has 1 saturated carbocycles. The predicted octanol–water partition coefficient (Wildman–Crippen LogP) is 5.79. The summed E-state index contributed by atoms with van der Waals surface area (Å²) in [5.41, 5.74) is 3.81. The van der Waals surface area contributed by atoms with Gasteiger partial charge in [0.05, 0.1) is 36.3 Å². The minimum absolute atomic E-state index is 0.0716. The molecule has 6 rings (SSSR count). The molecular formula is C31H34FN5O3. The molecule has 2 aromatic heterocycles. The number of ether oxygens (including phenoxy) is 2. The van der Waals surface area contributed by atoms with Crippen molar-refractivity contribution in [3.63, 3.8) is 0 Å². The van der Waals surface area contributed by atoms with Crippen LogP contribution in [0.5, 0.6) is 11.5 Å². The topological polar surface area (TPSA) is 90.3 Å². The molecule has 0 bridgehead atoms. The van der Waals surface area contributed by atoms with E-state index in [0.717, 1.165) is 36.0 Å². The largest absolute Gasteiger partial charge is 0.457 e. The number of carbonyl (C=O) groups excluding carboxylic acids is 1. The summed E-state index contributed by atoms with van der Waals surface area (Å²) in [5.74, 6) is 1.87. The summed E-state index contributed by atoms with van der Waals surface area (Å²) in [6.07, 6.45) is 7.53. The van der Waals surface area contributed by atoms with Gasteiger partial charge in [0.15, 0.2) is 5.78 Å². The standard InChI is InChI=1S/C31H34FN5O3/c1-37-30-9-7-25(40-26-10-12-33-23(15-26)14-24(38)18-34-21-4-2-3-5-21)17-29(30)36-31(37)35-22-6-8-28(32)27(16-22)20-11-13-39-19-20/h6-10,12,15-17,20-21,34H,2-5,11,13-14,18-19H2,1H3,(H,35,36). The van der Waals surface area contributed by atoms with Gasteiger partial charge in [-0.3, -0.25) is 9.78 Å². The average molecular weight is 544 g/mol. The van der Waals surface area contributed by atoms with Crippen LogP contribution in [0.25, 0.3) is 11.0 Å². The van der Waals surface area contributed by atoms with Gasteiger partial charge in [-0.2, -0.15) is 0 Å². The van der Waals surface area contributed by atoms with Gasteiger partial charge in [-0.1, -0.05) is 12.8 Å². The Morgan fingerprint density at radius 2 is 1.95 bits per heavy atom. The van der Waals surface area contributed by atoms with E-state index in [0.29, 0.717) is 54.5 Å². The molecule has 1 aliphatic carbocycles. The van der Waals surface area contributed by atoms with Crippen LogP contribution in [0.4, 0.5) is 16.0 Å². The number of Topliss-reactive ketones (excluding diaryl/α,β-unsaturated/α-hetero) is 1. The predicted molar refractivity (Wildman–Crippen MR) is 152 cm³/mol. The van der Waals surface area contributed by atoms with E-state index in [4.69, 9.17) is 14.5 Å². The molecular weight excluding hydrogens is 509 g/mol. The number of carbonyl (C=O) groups is 1. The number of benzene rings is 2. The van der Waals surface area contributed by atoms with Crippen molar-refractivity contribution in [1.29, 1.82) is 0 Å². The van der Waals surface area contributed by atoms with Crippen molar-refractivity contribution in [1.82, 2.24) is 19.9 Å². The van der Waals surface area contributed by atoms with Gasteiger partial charge in [0, 0.05) is 49.6 Å². The van der Waals surface area contributed by atoms with E-state index in [1.807, 2.05) is 41.9 Å². The number of halogens is 1. The van der Waals surface area contributed by atoms with Crippen LogP contribution < -0.4 is 15.4 Å². The van der Waals surface area contributed by atoms with Crippen LogP contribution in [0, 0.1) is 5.82 Å². The maximum absolute atomic E-state index is 14.5. The molecule has 8 nitrogen and oxygen atoms in total. The summed E-state index contributed by atoms with van der Waals surface area (Å²) in [5, 5.41) is 6.70. The van der Waals surface area contributed by atoms with Crippen molar-refractivity contribution >= 4 is 28.5 Å². The number of aryl methyl sites for hydroxylation is 1. The molecule has 2 aromatic carbocycles. The zero-order chi connectivity index (χ0) is 27.5. The van der Waals surface area contributed by atoms with Crippen molar-refractivity contribution in [3.05, 3.63) is 71.8 Å². The molecule has 3 heterocycles. The number of hydrogen-bond donors (Lipinski definition) is 2. The SMILES string of the molecule is Cn1c(Nc2ccc(F)c(C3CCOC3)c2)nc2cc(Oc3ccnc(CC(=O)CNC4CCCC4)c3)ccc21. The van der Waals surface area contributed by atoms with Crippen LogP contribution in [-0.4, -0.2) is 46.1 Å². The molecule has 208 valence electrons. The second kappa shape index (κ2) is 11.7. The number of imidazole rings is 1. The highest BCUT2D eigenvalue weighted by Gasteiger charge is 2.22. The molecule has 1 unspecified atom stereocenters. The van der Waals surface area contributed by atoms with Crippen LogP contribution >= 0.6 is 0 Å². The van der Waals surface area contributed by atoms with E-state index in [1.165, 1.54) is 18.9 Å². The Balaban J connectivity index is 1.13. The fraction of sp³-hybridized carbons (Fsp3) is 0.387. The Labute approximate surface area is 232 Å². The first kappa shape index (κ1) is 26.4. The summed E-state index contributed by atoms with van der Waals surface area (Å²) >= 11 is 0. The maximum atomic E-state index is 14.5. The van der Waals surface area contributed by atoms with Crippen LogP contribution in [0.1, 0.15) is 49.3 Å². The number of fused-ring (bicyclic) bond motifs is 1. The number of rotatable bonds is 10. The summed E-state index contributed by atoms with van der Waals surface area (Å²) in [6, 6.07) is 14.8. The van der Waals surface area contributed by atoms with Crippen LogP contribution in [-0.2, 0) is 23.0 Å². The van der Waals surface area contributed by atoms with Gasteiger partial charge in [0.1, 0.15) is 17.3 Å². The van der Waals surface area contributed by atoms with E-state index in [-0.39, 0.29) is 23.9 Å². The quantitative estimate of drug-likeness (QED) is 0.262. The molecule has 1 atom stereocenters. The number of anilines is 2.